The fourth-order valence-corrected chi connectivity index (χ4v) is 1.78. The number of hydrogen-bond acceptors (Lipinski definition) is 3. The van der Waals surface area contributed by atoms with E-state index in [4.69, 9.17) is 0 Å². The summed E-state index contributed by atoms with van der Waals surface area (Å²) in [6.07, 6.45) is 5.44. The molecule has 1 saturated heterocycles. The number of amides is 1. The maximum Gasteiger partial charge on any atom is 0.220 e. The van der Waals surface area contributed by atoms with Crippen LogP contribution in [0.2, 0.25) is 0 Å². The zero-order chi connectivity index (χ0) is 10.7. The molecule has 0 radical (unpaired) electrons. The predicted molar refractivity (Wildman–Crippen MR) is 56.1 cm³/mol. The molecule has 2 N–H and O–H groups in total. The lowest BCUT2D eigenvalue weighted by molar-refractivity contribution is -0.119. The number of nitrogens with one attached hydrogen (secondary N) is 2. The Labute approximate surface area is 88.8 Å². The lowest BCUT2D eigenvalue weighted by Crippen LogP contribution is -2.35. The first kappa shape index (κ1) is 10.2. The number of aromatic nitrogens is 2. The van der Waals surface area contributed by atoms with Crippen molar-refractivity contribution >= 4 is 5.91 Å². The van der Waals surface area contributed by atoms with Gasteiger partial charge in [-0.05, 0) is 6.42 Å². The minimum absolute atomic E-state index is 0.170. The van der Waals surface area contributed by atoms with E-state index in [0.29, 0.717) is 12.5 Å². The van der Waals surface area contributed by atoms with Crippen LogP contribution in [0.1, 0.15) is 18.4 Å². The van der Waals surface area contributed by atoms with Gasteiger partial charge in [0.05, 0.1) is 6.20 Å². The molecule has 1 fully saturated rings. The Balaban J connectivity index is 1.69. The first-order valence-electron chi connectivity index (χ1n) is 5.21. The Kier molecular flexibility index (Phi) is 3.01. The molecule has 1 aromatic rings. The molecule has 0 saturated carbocycles. The molecule has 0 aliphatic carbocycles. The minimum atomic E-state index is 0.170. The van der Waals surface area contributed by atoms with Gasteiger partial charge < -0.3 is 10.6 Å². The van der Waals surface area contributed by atoms with Crippen molar-refractivity contribution in [2.45, 2.75) is 25.4 Å². The lowest BCUT2D eigenvalue weighted by Gasteiger charge is -2.10. The van der Waals surface area contributed by atoms with Crippen LogP contribution in [-0.2, 0) is 18.4 Å². The average molecular weight is 208 g/mol. The van der Waals surface area contributed by atoms with E-state index in [9.17, 15) is 4.79 Å². The summed E-state index contributed by atoms with van der Waals surface area (Å²) in [5, 5.41) is 10.3. The number of carbonyl (C=O) groups is 1. The standard InChI is InChI=1S/C10H16N4O/c1-14-7-8(5-12-14)4-11-6-9-2-3-10(15)13-9/h5,7,9,11H,2-4,6H2,1H3,(H,13,15). The highest BCUT2D eigenvalue weighted by molar-refractivity contribution is 5.78. The molecule has 1 unspecified atom stereocenters. The molecule has 82 valence electrons. The van der Waals surface area contributed by atoms with Gasteiger partial charge in [0, 0.05) is 44.4 Å². The topological polar surface area (TPSA) is 59.0 Å². The number of hydrogen-bond donors (Lipinski definition) is 2. The van der Waals surface area contributed by atoms with Crippen molar-refractivity contribution in [1.29, 1.82) is 0 Å². The molecular weight excluding hydrogens is 192 g/mol. The second kappa shape index (κ2) is 4.44. The van der Waals surface area contributed by atoms with Crippen LogP contribution < -0.4 is 10.6 Å². The number of nitrogens with zero attached hydrogens (tertiary/aromatic N) is 2. The highest BCUT2D eigenvalue weighted by Gasteiger charge is 2.19. The molecule has 0 bridgehead atoms. The van der Waals surface area contributed by atoms with Crippen molar-refractivity contribution in [3.05, 3.63) is 18.0 Å². The highest BCUT2D eigenvalue weighted by Crippen LogP contribution is 2.05. The van der Waals surface area contributed by atoms with Crippen molar-refractivity contribution in [2.75, 3.05) is 6.54 Å². The first-order valence-corrected chi connectivity index (χ1v) is 5.21. The molecule has 5 heteroatoms. The average Bonchev–Trinajstić information content (AvgIpc) is 2.76. The summed E-state index contributed by atoms with van der Waals surface area (Å²) in [5.74, 6) is 0.170. The molecular formula is C10H16N4O. The summed E-state index contributed by atoms with van der Waals surface area (Å²) in [4.78, 5) is 10.9. The molecule has 1 aromatic heterocycles. The van der Waals surface area contributed by atoms with Crippen molar-refractivity contribution in [1.82, 2.24) is 20.4 Å². The Morgan fingerprint density at radius 2 is 2.60 bits per heavy atom. The van der Waals surface area contributed by atoms with Gasteiger partial charge in [-0.2, -0.15) is 5.10 Å². The minimum Gasteiger partial charge on any atom is -0.352 e. The van der Waals surface area contributed by atoms with Crippen molar-refractivity contribution in [3.63, 3.8) is 0 Å². The second-order valence-electron chi connectivity index (χ2n) is 3.96. The normalized spacial score (nSPS) is 20.6. The summed E-state index contributed by atoms with van der Waals surface area (Å²) in [5.41, 5.74) is 1.17. The quantitative estimate of drug-likeness (QED) is 0.719. The predicted octanol–water partition coefficient (Wildman–Crippen LogP) is -0.212. The van der Waals surface area contributed by atoms with Gasteiger partial charge in [-0.15, -0.1) is 0 Å². The molecule has 2 rings (SSSR count). The van der Waals surface area contributed by atoms with Crippen molar-refractivity contribution in [2.24, 2.45) is 7.05 Å². The van der Waals surface area contributed by atoms with E-state index < -0.39 is 0 Å². The number of carbonyl (C=O) groups excluding carboxylic acids is 1. The molecule has 1 aliphatic rings. The fraction of sp³-hybridized carbons (Fsp3) is 0.600. The van der Waals surface area contributed by atoms with Gasteiger partial charge in [0.2, 0.25) is 5.91 Å². The third-order valence-electron chi connectivity index (χ3n) is 2.56. The van der Waals surface area contributed by atoms with Gasteiger partial charge in [0.1, 0.15) is 0 Å². The van der Waals surface area contributed by atoms with E-state index in [-0.39, 0.29) is 5.91 Å². The molecule has 5 nitrogen and oxygen atoms in total. The van der Waals surface area contributed by atoms with E-state index in [1.165, 1.54) is 5.56 Å². The van der Waals surface area contributed by atoms with Gasteiger partial charge in [-0.1, -0.05) is 0 Å². The number of rotatable bonds is 4. The van der Waals surface area contributed by atoms with E-state index in [2.05, 4.69) is 15.7 Å². The van der Waals surface area contributed by atoms with Gasteiger partial charge in [-0.3, -0.25) is 9.48 Å². The van der Waals surface area contributed by atoms with E-state index >= 15 is 0 Å². The molecule has 0 spiro atoms. The van der Waals surface area contributed by atoms with E-state index in [1.54, 1.807) is 4.68 Å². The van der Waals surface area contributed by atoms with Crippen LogP contribution in [0, 0.1) is 0 Å². The van der Waals surface area contributed by atoms with Crippen LogP contribution in [0.25, 0.3) is 0 Å². The number of aryl methyl sites for hydroxylation is 1. The SMILES string of the molecule is Cn1cc(CNCC2CCC(=O)N2)cn1. The van der Waals surface area contributed by atoms with Crippen LogP contribution in [-0.4, -0.2) is 28.3 Å². The largest absolute Gasteiger partial charge is 0.352 e. The van der Waals surface area contributed by atoms with Gasteiger partial charge >= 0.3 is 0 Å². The van der Waals surface area contributed by atoms with Crippen LogP contribution >= 0.6 is 0 Å². The molecule has 2 heterocycles. The van der Waals surface area contributed by atoms with Crippen LogP contribution in [0.4, 0.5) is 0 Å². The van der Waals surface area contributed by atoms with Crippen LogP contribution in [0.3, 0.4) is 0 Å². The maximum absolute atomic E-state index is 10.9. The monoisotopic (exact) mass is 208 g/mol. The van der Waals surface area contributed by atoms with Gasteiger partial charge in [-0.25, -0.2) is 0 Å². The van der Waals surface area contributed by atoms with Crippen LogP contribution in [0.15, 0.2) is 12.4 Å². The summed E-state index contributed by atoms with van der Waals surface area (Å²) in [6.45, 7) is 1.64. The molecule has 15 heavy (non-hydrogen) atoms. The van der Waals surface area contributed by atoms with Crippen molar-refractivity contribution in [3.8, 4) is 0 Å². The first-order chi connectivity index (χ1) is 7.24. The Hall–Kier alpha value is -1.36. The summed E-state index contributed by atoms with van der Waals surface area (Å²) in [6, 6.07) is 0.300. The molecule has 1 aliphatic heterocycles. The molecule has 1 amide bonds. The third-order valence-corrected chi connectivity index (χ3v) is 2.56. The molecule has 1 atom stereocenters. The van der Waals surface area contributed by atoms with Gasteiger partial charge in [0.15, 0.2) is 0 Å². The fourth-order valence-electron chi connectivity index (χ4n) is 1.78. The summed E-state index contributed by atoms with van der Waals surface area (Å²) >= 11 is 0. The lowest BCUT2D eigenvalue weighted by atomic mass is 10.2. The molecule has 0 aromatic carbocycles. The van der Waals surface area contributed by atoms with E-state index in [1.807, 2.05) is 19.4 Å². The second-order valence-corrected chi connectivity index (χ2v) is 3.96. The van der Waals surface area contributed by atoms with Gasteiger partial charge in [0.25, 0.3) is 0 Å². The van der Waals surface area contributed by atoms with Crippen molar-refractivity contribution < 1.29 is 4.79 Å². The Morgan fingerprint density at radius 1 is 1.73 bits per heavy atom. The highest BCUT2D eigenvalue weighted by atomic mass is 16.1. The maximum atomic E-state index is 10.9. The smallest absolute Gasteiger partial charge is 0.220 e. The Morgan fingerprint density at radius 3 is 3.20 bits per heavy atom. The summed E-state index contributed by atoms with van der Waals surface area (Å²) < 4.78 is 1.79. The van der Waals surface area contributed by atoms with Crippen LogP contribution in [0.5, 0.6) is 0 Å². The van der Waals surface area contributed by atoms with E-state index in [0.717, 1.165) is 19.5 Å². The Bertz CT molecular complexity index is 347. The zero-order valence-electron chi connectivity index (χ0n) is 8.86. The summed E-state index contributed by atoms with van der Waals surface area (Å²) in [7, 11) is 1.90. The third kappa shape index (κ3) is 2.79. The zero-order valence-corrected chi connectivity index (χ0v) is 8.86.